The molecule has 0 spiro atoms. The van der Waals surface area contributed by atoms with Gasteiger partial charge >= 0.3 is 0 Å². The van der Waals surface area contributed by atoms with E-state index in [1.54, 1.807) is 0 Å². The summed E-state index contributed by atoms with van der Waals surface area (Å²) in [6.07, 6.45) is 5.97. The van der Waals surface area contributed by atoms with Crippen LogP contribution in [0.1, 0.15) is 25.8 Å². The first-order valence-electron chi connectivity index (χ1n) is 7.94. The predicted octanol–water partition coefficient (Wildman–Crippen LogP) is 3.00. The van der Waals surface area contributed by atoms with Crippen LogP contribution in [0.15, 0.2) is 47.7 Å². The topological polar surface area (TPSA) is 54.2 Å². The highest BCUT2D eigenvalue weighted by Crippen LogP contribution is 2.07. The Hall–Kier alpha value is -1.57. The minimum Gasteiger partial charge on any atom is -0.357 e. The molecule has 1 aromatic carbocycles. The summed E-state index contributed by atoms with van der Waals surface area (Å²) in [6.45, 7) is 6.77. The van der Waals surface area contributed by atoms with Crippen LogP contribution in [0.2, 0.25) is 0 Å². The summed E-state index contributed by atoms with van der Waals surface area (Å²) in [6, 6.07) is 10.2. The summed E-state index contributed by atoms with van der Waals surface area (Å²) in [5.41, 5.74) is 2.29. The molecule has 23 heavy (non-hydrogen) atoms. The van der Waals surface area contributed by atoms with Gasteiger partial charge in [-0.2, -0.15) is 5.10 Å². The van der Waals surface area contributed by atoms with E-state index in [9.17, 15) is 0 Å². The minimum atomic E-state index is 0. The molecule has 1 heterocycles. The molecule has 0 aliphatic rings. The van der Waals surface area contributed by atoms with Crippen LogP contribution in [0.3, 0.4) is 0 Å². The third-order valence-corrected chi connectivity index (χ3v) is 3.20. The molecule has 0 radical (unpaired) electrons. The van der Waals surface area contributed by atoms with E-state index in [0.29, 0.717) is 0 Å². The van der Waals surface area contributed by atoms with Crippen LogP contribution in [-0.4, -0.2) is 35.4 Å². The van der Waals surface area contributed by atoms with Crippen molar-refractivity contribution >= 4 is 29.9 Å². The summed E-state index contributed by atoms with van der Waals surface area (Å²) in [7, 11) is 0. The first kappa shape index (κ1) is 19.5. The Morgan fingerprint density at radius 2 is 1.96 bits per heavy atom. The summed E-state index contributed by atoms with van der Waals surface area (Å²) in [4.78, 5) is 4.49. The SMILES string of the molecule is CCCN=C(NCC)NCCc1cnn(-c2ccccc2)c1.I. The Bertz CT molecular complexity index is 580. The fourth-order valence-electron chi connectivity index (χ4n) is 2.10. The first-order chi connectivity index (χ1) is 10.8. The van der Waals surface area contributed by atoms with Crippen LogP contribution in [0.25, 0.3) is 5.69 Å². The van der Waals surface area contributed by atoms with Gasteiger partial charge in [0.15, 0.2) is 5.96 Å². The highest BCUT2D eigenvalue weighted by Gasteiger charge is 2.01. The van der Waals surface area contributed by atoms with E-state index in [1.165, 1.54) is 5.56 Å². The molecule has 0 unspecified atom stereocenters. The lowest BCUT2D eigenvalue weighted by Crippen LogP contribution is -2.38. The number of guanidine groups is 1. The lowest BCUT2D eigenvalue weighted by Gasteiger charge is -2.10. The van der Waals surface area contributed by atoms with Crippen molar-refractivity contribution in [3.8, 4) is 5.69 Å². The van der Waals surface area contributed by atoms with Crippen molar-refractivity contribution in [3.63, 3.8) is 0 Å². The summed E-state index contributed by atoms with van der Waals surface area (Å²) < 4.78 is 1.91. The number of benzene rings is 1. The Morgan fingerprint density at radius 1 is 1.17 bits per heavy atom. The zero-order valence-electron chi connectivity index (χ0n) is 13.8. The molecule has 0 saturated carbocycles. The van der Waals surface area contributed by atoms with Gasteiger partial charge < -0.3 is 10.6 Å². The number of nitrogens with zero attached hydrogens (tertiary/aromatic N) is 3. The molecule has 2 N–H and O–H groups in total. The quantitative estimate of drug-likeness (QED) is 0.406. The van der Waals surface area contributed by atoms with E-state index < -0.39 is 0 Å². The van der Waals surface area contributed by atoms with Crippen molar-refractivity contribution in [2.45, 2.75) is 26.7 Å². The van der Waals surface area contributed by atoms with E-state index in [2.05, 4.69) is 52.9 Å². The molecule has 1 aromatic heterocycles. The zero-order valence-corrected chi connectivity index (χ0v) is 16.2. The van der Waals surface area contributed by atoms with Crippen LogP contribution in [0.5, 0.6) is 0 Å². The maximum Gasteiger partial charge on any atom is 0.191 e. The monoisotopic (exact) mass is 427 g/mol. The number of rotatable bonds is 7. The molecule has 0 atom stereocenters. The van der Waals surface area contributed by atoms with Gasteiger partial charge in [-0.1, -0.05) is 25.1 Å². The van der Waals surface area contributed by atoms with Crippen molar-refractivity contribution < 1.29 is 0 Å². The lowest BCUT2D eigenvalue weighted by molar-refractivity contribution is 0.793. The standard InChI is InChI=1S/C17H25N5.HI/c1-3-11-19-17(18-4-2)20-12-10-15-13-21-22(14-15)16-8-6-5-7-9-16;/h5-9,13-14H,3-4,10-12H2,1-2H3,(H2,18,19,20);1H. The van der Waals surface area contributed by atoms with Crippen molar-refractivity contribution in [2.75, 3.05) is 19.6 Å². The molecule has 0 aliphatic carbocycles. The first-order valence-corrected chi connectivity index (χ1v) is 7.94. The molecule has 6 heteroatoms. The van der Waals surface area contributed by atoms with Gasteiger partial charge in [-0.15, -0.1) is 24.0 Å². The van der Waals surface area contributed by atoms with Crippen LogP contribution >= 0.6 is 24.0 Å². The second kappa shape index (κ2) is 11.0. The Morgan fingerprint density at radius 3 is 2.65 bits per heavy atom. The van der Waals surface area contributed by atoms with E-state index >= 15 is 0 Å². The molecule has 0 fully saturated rings. The fourth-order valence-corrected chi connectivity index (χ4v) is 2.10. The third-order valence-electron chi connectivity index (χ3n) is 3.20. The smallest absolute Gasteiger partial charge is 0.191 e. The summed E-state index contributed by atoms with van der Waals surface area (Å²) >= 11 is 0. The maximum absolute atomic E-state index is 4.49. The molecule has 5 nitrogen and oxygen atoms in total. The number of aromatic nitrogens is 2. The molecule has 0 saturated heterocycles. The van der Waals surface area contributed by atoms with Gasteiger partial charge in [0.2, 0.25) is 0 Å². The number of para-hydroxylation sites is 1. The highest BCUT2D eigenvalue weighted by molar-refractivity contribution is 14.0. The van der Waals surface area contributed by atoms with Gasteiger partial charge in [0.05, 0.1) is 11.9 Å². The normalized spacial score (nSPS) is 11.0. The molecular weight excluding hydrogens is 401 g/mol. The Kier molecular flexibility index (Phi) is 9.35. The summed E-state index contributed by atoms with van der Waals surface area (Å²) in [5.74, 6) is 0.889. The molecule has 0 aliphatic heterocycles. The highest BCUT2D eigenvalue weighted by atomic mass is 127. The van der Waals surface area contributed by atoms with E-state index in [0.717, 1.165) is 44.1 Å². The molecule has 0 bridgehead atoms. The number of hydrogen-bond acceptors (Lipinski definition) is 2. The minimum absolute atomic E-state index is 0. The second-order valence-electron chi connectivity index (χ2n) is 5.07. The number of nitrogens with one attached hydrogen (secondary N) is 2. The van der Waals surface area contributed by atoms with E-state index in [1.807, 2.05) is 29.1 Å². The summed E-state index contributed by atoms with van der Waals surface area (Å²) in [5, 5.41) is 11.0. The van der Waals surface area contributed by atoms with Crippen molar-refractivity contribution in [3.05, 3.63) is 48.3 Å². The number of hydrogen-bond donors (Lipinski definition) is 2. The van der Waals surface area contributed by atoms with E-state index in [4.69, 9.17) is 0 Å². The lowest BCUT2D eigenvalue weighted by atomic mass is 10.2. The number of aliphatic imine (C=N–C) groups is 1. The van der Waals surface area contributed by atoms with Gasteiger partial charge in [0.1, 0.15) is 0 Å². The Labute approximate surface area is 155 Å². The third kappa shape index (κ3) is 6.60. The average molecular weight is 427 g/mol. The van der Waals surface area contributed by atoms with Crippen LogP contribution < -0.4 is 10.6 Å². The van der Waals surface area contributed by atoms with Crippen molar-refractivity contribution in [2.24, 2.45) is 4.99 Å². The average Bonchev–Trinajstić information content (AvgIpc) is 3.02. The van der Waals surface area contributed by atoms with Crippen molar-refractivity contribution in [1.29, 1.82) is 0 Å². The van der Waals surface area contributed by atoms with Crippen LogP contribution in [-0.2, 0) is 6.42 Å². The van der Waals surface area contributed by atoms with Gasteiger partial charge in [0, 0.05) is 25.8 Å². The van der Waals surface area contributed by atoms with Gasteiger partial charge in [0.25, 0.3) is 0 Å². The molecule has 0 amide bonds. The molecule has 126 valence electrons. The van der Waals surface area contributed by atoms with Crippen LogP contribution in [0, 0.1) is 0 Å². The van der Waals surface area contributed by atoms with Gasteiger partial charge in [-0.05, 0) is 37.5 Å². The van der Waals surface area contributed by atoms with Crippen LogP contribution in [0.4, 0.5) is 0 Å². The predicted molar refractivity (Wildman–Crippen MR) is 107 cm³/mol. The zero-order chi connectivity index (χ0) is 15.6. The van der Waals surface area contributed by atoms with Gasteiger partial charge in [-0.3, -0.25) is 4.99 Å². The molecule has 2 aromatic rings. The van der Waals surface area contributed by atoms with E-state index in [-0.39, 0.29) is 24.0 Å². The maximum atomic E-state index is 4.49. The van der Waals surface area contributed by atoms with Gasteiger partial charge in [-0.25, -0.2) is 4.68 Å². The number of halogens is 1. The fraction of sp³-hybridized carbons (Fsp3) is 0.412. The molecule has 2 rings (SSSR count). The molecular formula is C17H26IN5. The Balaban J connectivity index is 0.00000264. The second-order valence-corrected chi connectivity index (χ2v) is 5.07. The van der Waals surface area contributed by atoms with Crippen molar-refractivity contribution in [1.82, 2.24) is 20.4 Å². The largest absolute Gasteiger partial charge is 0.357 e.